The average Bonchev–Trinajstić information content (AvgIpc) is 3.42. The number of nitrogens with zero attached hydrogens (tertiary/aromatic N) is 5. The van der Waals surface area contributed by atoms with Crippen LogP contribution >= 0.6 is 11.8 Å². The number of carbonyl (C=O) groups is 1. The molecule has 1 aliphatic rings. The van der Waals surface area contributed by atoms with E-state index in [-0.39, 0.29) is 17.0 Å². The zero-order valence-corrected chi connectivity index (χ0v) is 18.9. The van der Waals surface area contributed by atoms with Crippen LogP contribution in [0.4, 0.5) is 4.39 Å². The molecule has 1 aliphatic heterocycles. The van der Waals surface area contributed by atoms with Crippen molar-refractivity contribution in [3.63, 3.8) is 0 Å². The largest absolute Gasteiger partial charge is 0.342 e. The Morgan fingerprint density at radius 3 is 2.72 bits per heavy atom. The maximum absolute atomic E-state index is 14.4. The van der Waals surface area contributed by atoms with Crippen molar-refractivity contribution in [2.45, 2.75) is 43.6 Å². The number of aryl methyl sites for hydroxylation is 1. The second-order valence-electron chi connectivity index (χ2n) is 8.26. The molecule has 0 spiro atoms. The Morgan fingerprint density at radius 1 is 1.16 bits per heavy atom. The molecule has 1 fully saturated rings. The van der Waals surface area contributed by atoms with Crippen molar-refractivity contribution in [1.82, 2.24) is 24.6 Å². The molecule has 5 rings (SSSR count). The molecule has 2 aromatic carbocycles. The van der Waals surface area contributed by atoms with E-state index in [1.807, 2.05) is 41.5 Å². The van der Waals surface area contributed by atoms with E-state index in [9.17, 15) is 9.18 Å². The fourth-order valence-electron chi connectivity index (χ4n) is 4.27. The first-order chi connectivity index (χ1) is 15.5. The lowest BCUT2D eigenvalue weighted by Gasteiger charge is -2.19. The van der Waals surface area contributed by atoms with Gasteiger partial charge in [-0.3, -0.25) is 4.79 Å². The number of hydrogen-bond acceptors (Lipinski definition) is 5. The summed E-state index contributed by atoms with van der Waals surface area (Å²) in [6.45, 7) is 5.88. The van der Waals surface area contributed by atoms with E-state index in [2.05, 4.69) is 16.3 Å². The molecule has 0 bridgehead atoms. The van der Waals surface area contributed by atoms with Crippen molar-refractivity contribution in [3.8, 4) is 0 Å². The number of rotatable bonds is 5. The van der Waals surface area contributed by atoms with Crippen LogP contribution in [0.15, 0.2) is 47.6 Å². The molecule has 4 aromatic rings. The van der Waals surface area contributed by atoms with Crippen LogP contribution in [0.5, 0.6) is 0 Å². The molecule has 0 radical (unpaired) electrons. The number of benzene rings is 2. The molecule has 3 heterocycles. The number of likely N-dealkylation sites (tertiary alicyclic amines) is 1. The van der Waals surface area contributed by atoms with Crippen LogP contribution in [0.25, 0.3) is 22.1 Å². The van der Waals surface area contributed by atoms with Gasteiger partial charge in [-0.05, 0) is 44.9 Å². The van der Waals surface area contributed by atoms with E-state index < -0.39 is 0 Å². The first-order valence-corrected chi connectivity index (χ1v) is 11.7. The van der Waals surface area contributed by atoms with Crippen LogP contribution in [-0.4, -0.2) is 48.9 Å². The predicted molar refractivity (Wildman–Crippen MR) is 124 cm³/mol. The average molecular weight is 450 g/mol. The zero-order chi connectivity index (χ0) is 22.2. The van der Waals surface area contributed by atoms with Gasteiger partial charge < -0.3 is 9.47 Å². The lowest BCUT2D eigenvalue weighted by atomic mass is 10.1. The summed E-state index contributed by atoms with van der Waals surface area (Å²) in [5.74, 6) is -0.144. The fraction of sp³-hybridized carbons (Fsp3) is 0.333. The standard InChI is InChI=1S/C24H24FN5OS/c1-15-9-10-20-18(13-15)21-22(30(20)14-17-7-3-4-8-19(17)25)26-24(28-27-21)32-16(2)23(31)29-11-5-6-12-29/h3-4,7-10,13,16H,5-6,11-12,14H2,1-2H3. The molecule has 32 heavy (non-hydrogen) atoms. The highest BCUT2D eigenvalue weighted by molar-refractivity contribution is 8.00. The molecule has 1 amide bonds. The number of amides is 1. The minimum Gasteiger partial charge on any atom is -0.342 e. The summed E-state index contributed by atoms with van der Waals surface area (Å²) in [7, 11) is 0. The van der Waals surface area contributed by atoms with Gasteiger partial charge in [0.05, 0.1) is 17.3 Å². The number of aromatic nitrogens is 4. The van der Waals surface area contributed by atoms with Crippen molar-refractivity contribution in [3.05, 3.63) is 59.4 Å². The summed E-state index contributed by atoms with van der Waals surface area (Å²) in [6.07, 6.45) is 2.12. The maximum Gasteiger partial charge on any atom is 0.235 e. The van der Waals surface area contributed by atoms with Gasteiger partial charge in [0.15, 0.2) is 5.65 Å². The number of halogens is 1. The smallest absolute Gasteiger partial charge is 0.235 e. The van der Waals surface area contributed by atoms with E-state index in [1.54, 1.807) is 12.1 Å². The zero-order valence-electron chi connectivity index (χ0n) is 18.1. The third kappa shape index (κ3) is 3.83. The van der Waals surface area contributed by atoms with E-state index in [0.717, 1.165) is 42.4 Å². The molecule has 1 atom stereocenters. The monoisotopic (exact) mass is 449 g/mol. The van der Waals surface area contributed by atoms with Gasteiger partial charge in [-0.25, -0.2) is 9.37 Å². The van der Waals surface area contributed by atoms with Crippen LogP contribution in [0.2, 0.25) is 0 Å². The van der Waals surface area contributed by atoms with Crippen LogP contribution in [0, 0.1) is 12.7 Å². The molecular formula is C24H24FN5OS. The SMILES string of the molecule is Cc1ccc2c(c1)c1nnc(SC(C)C(=O)N3CCCC3)nc1n2Cc1ccccc1F. The third-order valence-corrected chi connectivity index (χ3v) is 6.88. The summed E-state index contributed by atoms with van der Waals surface area (Å²) < 4.78 is 16.4. The van der Waals surface area contributed by atoms with E-state index in [1.165, 1.54) is 17.8 Å². The quantitative estimate of drug-likeness (QED) is 0.418. The minimum atomic E-state index is -0.293. The summed E-state index contributed by atoms with van der Waals surface area (Å²) in [5.41, 5.74) is 3.94. The van der Waals surface area contributed by atoms with E-state index >= 15 is 0 Å². The second-order valence-corrected chi connectivity index (χ2v) is 9.57. The Kier molecular flexibility index (Phi) is 5.55. The highest BCUT2D eigenvalue weighted by atomic mass is 32.2. The molecule has 164 valence electrons. The molecule has 0 aliphatic carbocycles. The molecule has 0 N–H and O–H groups in total. The predicted octanol–water partition coefficient (Wildman–Crippen LogP) is 4.58. The molecule has 1 saturated heterocycles. The minimum absolute atomic E-state index is 0.110. The molecule has 1 unspecified atom stereocenters. The van der Waals surface area contributed by atoms with Gasteiger partial charge in [-0.15, -0.1) is 10.2 Å². The first kappa shape index (κ1) is 20.9. The Balaban J connectivity index is 1.55. The lowest BCUT2D eigenvalue weighted by Crippen LogP contribution is -2.34. The van der Waals surface area contributed by atoms with Gasteiger partial charge in [0, 0.05) is 24.0 Å². The number of fused-ring (bicyclic) bond motifs is 3. The molecule has 6 nitrogen and oxygen atoms in total. The van der Waals surface area contributed by atoms with Crippen molar-refractivity contribution in [1.29, 1.82) is 0 Å². The van der Waals surface area contributed by atoms with E-state index in [0.29, 0.717) is 28.4 Å². The lowest BCUT2D eigenvalue weighted by molar-refractivity contribution is -0.129. The summed E-state index contributed by atoms with van der Waals surface area (Å²) in [6, 6.07) is 12.9. The second kappa shape index (κ2) is 8.50. The molecular weight excluding hydrogens is 425 g/mol. The third-order valence-electron chi connectivity index (χ3n) is 5.94. The number of hydrogen-bond donors (Lipinski definition) is 0. The van der Waals surface area contributed by atoms with Crippen LogP contribution in [0.3, 0.4) is 0 Å². The van der Waals surface area contributed by atoms with Crippen molar-refractivity contribution >= 4 is 39.7 Å². The normalized spacial score (nSPS) is 15.0. The first-order valence-electron chi connectivity index (χ1n) is 10.8. The van der Waals surface area contributed by atoms with Gasteiger partial charge in [-0.1, -0.05) is 41.6 Å². The highest BCUT2D eigenvalue weighted by Crippen LogP contribution is 2.30. The van der Waals surface area contributed by atoms with Gasteiger partial charge in [-0.2, -0.15) is 0 Å². The van der Waals surface area contributed by atoms with Crippen molar-refractivity contribution in [2.24, 2.45) is 0 Å². The topological polar surface area (TPSA) is 63.9 Å². The Morgan fingerprint density at radius 2 is 1.94 bits per heavy atom. The van der Waals surface area contributed by atoms with Gasteiger partial charge in [0.1, 0.15) is 11.3 Å². The summed E-state index contributed by atoms with van der Waals surface area (Å²) >= 11 is 1.32. The van der Waals surface area contributed by atoms with Crippen LogP contribution in [0.1, 0.15) is 30.9 Å². The molecule has 0 saturated carbocycles. The maximum atomic E-state index is 14.4. The Labute approximate surface area is 189 Å². The van der Waals surface area contributed by atoms with Crippen LogP contribution in [-0.2, 0) is 11.3 Å². The molecule has 2 aromatic heterocycles. The van der Waals surface area contributed by atoms with Gasteiger partial charge in [0.2, 0.25) is 11.1 Å². The number of thioether (sulfide) groups is 1. The fourth-order valence-corrected chi connectivity index (χ4v) is 5.06. The Bertz CT molecular complexity index is 1310. The van der Waals surface area contributed by atoms with Gasteiger partial charge in [0.25, 0.3) is 0 Å². The van der Waals surface area contributed by atoms with Crippen molar-refractivity contribution in [2.75, 3.05) is 13.1 Å². The molecule has 8 heteroatoms. The van der Waals surface area contributed by atoms with E-state index in [4.69, 9.17) is 4.98 Å². The van der Waals surface area contributed by atoms with Gasteiger partial charge >= 0.3 is 0 Å². The van der Waals surface area contributed by atoms with Crippen molar-refractivity contribution < 1.29 is 9.18 Å². The van der Waals surface area contributed by atoms with Crippen LogP contribution < -0.4 is 0 Å². The highest BCUT2D eigenvalue weighted by Gasteiger charge is 2.25. The number of carbonyl (C=O) groups excluding carboxylic acids is 1. The Hall–Kier alpha value is -3.00. The summed E-state index contributed by atoms with van der Waals surface area (Å²) in [5, 5.41) is 9.89. The summed E-state index contributed by atoms with van der Waals surface area (Å²) in [4.78, 5) is 19.4.